The van der Waals surface area contributed by atoms with Crippen molar-refractivity contribution < 1.29 is 43.1 Å². The summed E-state index contributed by atoms with van der Waals surface area (Å²) in [7, 11) is 6.08. The molecule has 2 unspecified atom stereocenters. The number of carbonyl (C=O) groups excluding carboxylic acids is 1. The monoisotopic (exact) mass is 514 g/mol. The van der Waals surface area contributed by atoms with Gasteiger partial charge in [-0.25, -0.2) is 4.79 Å². The second-order valence-corrected chi connectivity index (χ2v) is 9.38. The third-order valence-corrected chi connectivity index (χ3v) is 7.33. The summed E-state index contributed by atoms with van der Waals surface area (Å²) in [4.78, 5) is 13.0. The van der Waals surface area contributed by atoms with E-state index in [4.69, 9.17) is 33.2 Å². The Morgan fingerprint density at radius 2 is 1.70 bits per heavy atom. The number of ether oxygens (including phenoxy) is 7. The predicted octanol–water partition coefficient (Wildman–Crippen LogP) is 4.61. The molecule has 200 valence electrons. The number of benzene rings is 2. The van der Waals surface area contributed by atoms with Gasteiger partial charge in [0.25, 0.3) is 0 Å². The maximum Gasteiger partial charge on any atom is 0.334 e. The van der Waals surface area contributed by atoms with Crippen LogP contribution in [-0.4, -0.2) is 51.9 Å². The van der Waals surface area contributed by atoms with Crippen molar-refractivity contribution in [3.63, 3.8) is 0 Å². The van der Waals surface area contributed by atoms with E-state index in [1.165, 1.54) is 21.3 Å². The number of fused-ring (bicyclic) bond motifs is 4. The molecule has 2 aliphatic rings. The van der Waals surface area contributed by atoms with Gasteiger partial charge >= 0.3 is 5.97 Å². The molecule has 0 bridgehead atoms. The summed E-state index contributed by atoms with van der Waals surface area (Å²) in [6.07, 6.45) is 0.998. The highest BCUT2D eigenvalue weighted by Crippen LogP contribution is 2.59. The summed E-state index contributed by atoms with van der Waals surface area (Å²) in [6, 6.07) is 3.60. The molecule has 0 fully saturated rings. The Labute approximate surface area is 216 Å². The van der Waals surface area contributed by atoms with Crippen LogP contribution in [0.3, 0.4) is 0 Å². The molecule has 2 aromatic rings. The second kappa shape index (κ2) is 10.0. The van der Waals surface area contributed by atoms with Crippen molar-refractivity contribution in [3.8, 4) is 45.6 Å². The number of hydrogen-bond acceptors (Lipinski definition) is 9. The van der Waals surface area contributed by atoms with E-state index < -0.39 is 17.7 Å². The summed E-state index contributed by atoms with van der Waals surface area (Å²) in [5.74, 6) is 1.60. The van der Waals surface area contributed by atoms with Crippen LogP contribution in [0.25, 0.3) is 11.1 Å². The standard InChI is InChI=1S/C28H34O9/c1-9-14(2)27(29)37-26-17-12-18(31-5)22(32-6)25(34-8)21(17)20-16(10-15(3)28(26,4)30)11-19-23(24(20)33-7)36-13-35-19/h9,11-12,15,26,30H,10,13H2,1-8H3/t15?,26?,28-/m0/s1. The first-order valence-corrected chi connectivity index (χ1v) is 12.0. The molecule has 1 N–H and O–H groups in total. The quantitative estimate of drug-likeness (QED) is 0.437. The lowest BCUT2D eigenvalue weighted by Crippen LogP contribution is -2.44. The topological polar surface area (TPSA) is 102 Å². The van der Waals surface area contributed by atoms with Gasteiger partial charge in [-0.15, -0.1) is 0 Å². The van der Waals surface area contributed by atoms with Gasteiger partial charge in [-0.05, 0) is 50.8 Å². The Kier molecular flexibility index (Phi) is 7.19. The van der Waals surface area contributed by atoms with Crippen molar-refractivity contribution in [2.24, 2.45) is 5.92 Å². The fourth-order valence-electron chi connectivity index (χ4n) is 4.94. The van der Waals surface area contributed by atoms with Crippen LogP contribution < -0.4 is 28.4 Å². The van der Waals surface area contributed by atoms with Gasteiger partial charge in [0.2, 0.25) is 18.3 Å². The van der Waals surface area contributed by atoms with E-state index in [0.717, 1.165) is 5.56 Å². The normalized spacial score (nSPS) is 22.2. The molecule has 9 nitrogen and oxygen atoms in total. The highest BCUT2D eigenvalue weighted by Gasteiger charge is 2.47. The number of aliphatic hydroxyl groups is 1. The van der Waals surface area contributed by atoms with Gasteiger partial charge in [0.15, 0.2) is 29.1 Å². The molecule has 0 amide bonds. The van der Waals surface area contributed by atoms with Gasteiger partial charge in [-0.3, -0.25) is 0 Å². The smallest absolute Gasteiger partial charge is 0.334 e. The minimum absolute atomic E-state index is 0.0562. The molecule has 1 aliphatic carbocycles. The second-order valence-electron chi connectivity index (χ2n) is 9.38. The van der Waals surface area contributed by atoms with Crippen LogP contribution in [0, 0.1) is 5.92 Å². The fourth-order valence-corrected chi connectivity index (χ4v) is 4.94. The molecule has 1 heterocycles. The molecule has 0 saturated carbocycles. The summed E-state index contributed by atoms with van der Waals surface area (Å²) >= 11 is 0. The van der Waals surface area contributed by atoms with E-state index in [9.17, 15) is 9.90 Å². The Balaban J connectivity index is 2.17. The van der Waals surface area contributed by atoms with Gasteiger partial charge in [0.1, 0.15) is 5.60 Å². The summed E-state index contributed by atoms with van der Waals surface area (Å²) < 4.78 is 40.6. The Hall–Kier alpha value is -3.59. The van der Waals surface area contributed by atoms with E-state index in [2.05, 4.69) is 0 Å². The SMILES string of the molecule is CC=C(C)C(=O)OC1c2cc(OC)c(OC)c(OC)c2-c2c(cc3c(c2OC)OCO3)CC(C)[C@]1(C)O. The molecular weight excluding hydrogens is 480 g/mol. The number of hydrogen-bond donors (Lipinski definition) is 1. The van der Waals surface area contributed by atoms with Crippen molar-refractivity contribution in [3.05, 3.63) is 34.9 Å². The fraction of sp³-hybridized carbons (Fsp3) is 0.464. The number of allylic oxidation sites excluding steroid dienone is 1. The van der Waals surface area contributed by atoms with Gasteiger partial charge in [0.05, 0.1) is 28.4 Å². The van der Waals surface area contributed by atoms with Crippen molar-refractivity contribution in [2.45, 2.75) is 45.8 Å². The average Bonchev–Trinajstić information content (AvgIpc) is 3.36. The van der Waals surface area contributed by atoms with E-state index in [-0.39, 0.29) is 12.7 Å². The maximum atomic E-state index is 13.0. The third kappa shape index (κ3) is 4.21. The number of esters is 1. The van der Waals surface area contributed by atoms with E-state index in [1.54, 1.807) is 40.0 Å². The molecular formula is C28H34O9. The van der Waals surface area contributed by atoms with Gasteiger partial charge in [0, 0.05) is 22.3 Å². The van der Waals surface area contributed by atoms with Crippen molar-refractivity contribution in [2.75, 3.05) is 35.2 Å². The van der Waals surface area contributed by atoms with Crippen molar-refractivity contribution >= 4 is 5.97 Å². The molecule has 0 saturated heterocycles. The van der Waals surface area contributed by atoms with Crippen LogP contribution in [0.5, 0.6) is 34.5 Å². The van der Waals surface area contributed by atoms with E-state index >= 15 is 0 Å². The molecule has 3 atom stereocenters. The largest absolute Gasteiger partial charge is 0.493 e. The minimum atomic E-state index is -1.48. The molecule has 2 aromatic carbocycles. The first-order valence-electron chi connectivity index (χ1n) is 12.0. The summed E-state index contributed by atoms with van der Waals surface area (Å²) in [5, 5.41) is 12.0. The number of carbonyl (C=O) groups is 1. The lowest BCUT2D eigenvalue weighted by Gasteiger charge is -2.41. The van der Waals surface area contributed by atoms with Gasteiger partial charge < -0.3 is 38.3 Å². The third-order valence-electron chi connectivity index (χ3n) is 7.33. The molecule has 4 rings (SSSR count). The van der Waals surface area contributed by atoms with E-state index in [0.29, 0.717) is 63.2 Å². The Bertz CT molecular complexity index is 1250. The summed E-state index contributed by atoms with van der Waals surface area (Å²) in [5.41, 5.74) is 1.46. The van der Waals surface area contributed by atoms with Crippen LogP contribution in [0.1, 0.15) is 44.9 Å². The first kappa shape index (κ1) is 26.5. The number of rotatable bonds is 6. The van der Waals surface area contributed by atoms with Crippen LogP contribution >= 0.6 is 0 Å². The highest BCUT2D eigenvalue weighted by atomic mass is 16.7. The van der Waals surface area contributed by atoms with Crippen molar-refractivity contribution in [1.29, 1.82) is 0 Å². The van der Waals surface area contributed by atoms with Crippen LogP contribution in [-0.2, 0) is 16.0 Å². The van der Waals surface area contributed by atoms with Crippen molar-refractivity contribution in [1.82, 2.24) is 0 Å². The lowest BCUT2D eigenvalue weighted by atomic mass is 9.73. The lowest BCUT2D eigenvalue weighted by molar-refractivity contribution is -0.166. The molecule has 0 radical (unpaired) electrons. The first-order chi connectivity index (χ1) is 17.6. The predicted molar refractivity (Wildman–Crippen MR) is 136 cm³/mol. The molecule has 1 aliphatic heterocycles. The Morgan fingerprint density at radius 3 is 2.30 bits per heavy atom. The molecule has 0 aromatic heterocycles. The molecule has 0 spiro atoms. The molecule has 9 heteroatoms. The highest BCUT2D eigenvalue weighted by molar-refractivity contribution is 5.90. The summed E-state index contributed by atoms with van der Waals surface area (Å²) in [6.45, 7) is 7.05. The maximum absolute atomic E-state index is 13.0. The van der Waals surface area contributed by atoms with Crippen LogP contribution in [0.4, 0.5) is 0 Å². The zero-order valence-corrected chi connectivity index (χ0v) is 22.5. The zero-order chi connectivity index (χ0) is 27.1. The minimum Gasteiger partial charge on any atom is -0.493 e. The van der Waals surface area contributed by atoms with E-state index in [1.807, 2.05) is 13.0 Å². The average molecular weight is 515 g/mol. The number of methoxy groups -OCH3 is 4. The Morgan fingerprint density at radius 1 is 1.03 bits per heavy atom. The van der Waals surface area contributed by atoms with Crippen LogP contribution in [0.2, 0.25) is 0 Å². The van der Waals surface area contributed by atoms with Gasteiger partial charge in [-0.2, -0.15) is 0 Å². The van der Waals surface area contributed by atoms with Crippen LogP contribution in [0.15, 0.2) is 23.8 Å². The van der Waals surface area contributed by atoms with Gasteiger partial charge in [-0.1, -0.05) is 13.0 Å². The zero-order valence-electron chi connectivity index (χ0n) is 22.5. The molecule has 37 heavy (non-hydrogen) atoms.